The molecule has 0 aliphatic carbocycles. The van der Waals surface area contributed by atoms with Crippen LogP contribution in [0.25, 0.3) is 11.1 Å². The van der Waals surface area contributed by atoms with Crippen molar-refractivity contribution in [1.82, 2.24) is 14.5 Å². The Hall–Kier alpha value is -4.05. The van der Waals surface area contributed by atoms with E-state index in [4.69, 9.17) is 4.74 Å². The van der Waals surface area contributed by atoms with Gasteiger partial charge in [-0.1, -0.05) is 44.5 Å². The van der Waals surface area contributed by atoms with E-state index in [2.05, 4.69) is 9.97 Å². The predicted molar refractivity (Wildman–Crippen MR) is 145 cm³/mol. The molecule has 0 amide bonds. The summed E-state index contributed by atoms with van der Waals surface area (Å²) in [7, 11) is -2.90. The fourth-order valence-corrected chi connectivity index (χ4v) is 5.87. The van der Waals surface area contributed by atoms with Crippen molar-refractivity contribution in [2.45, 2.75) is 55.4 Å². The quantitative estimate of drug-likeness (QED) is 0.265. The molecule has 0 aliphatic heterocycles. The van der Waals surface area contributed by atoms with Gasteiger partial charge in [0.2, 0.25) is 21.7 Å². The normalized spacial score (nSPS) is 12.3. The van der Waals surface area contributed by atoms with Gasteiger partial charge in [0.25, 0.3) is 5.56 Å². The summed E-state index contributed by atoms with van der Waals surface area (Å²) in [5.74, 6) is -0.354. The van der Waals surface area contributed by atoms with E-state index < -0.39 is 38.2 Å². The Morgan fingerprint density at radius 3 is 2.38 bits per heavy atom. The molecule has 39 heavy (non-hydrogen) atoms. The first-order chi connectivity index (χ1) is 18.7. The molecule has 0 radical (unpaired) electrons. The lowest BCUT2D eigenvalue weighted by molar-refractivity contribution is 0.357. The highest BCUT2D eigenvalue weighted by atomic mass is 32.2. The molecule has 0 fully saturated rings. The van der Waals surface area contributed by atoms with Gasteiger partial charge in [-0.25, -0.2) is 13.4 Å². The molecule has 1 N–H and O–H groups in total. The fraction of sp³-hybridized carbons (Fsp3) is 0.276. The summed E-state index contributed by atoms with van der Waals surface area (Å²) in [4.78, 5) is 20.0. The van der Waals surface area contributed by atoms with Gasteiger partial charge in [-0.15, -0.1) is 0 Å². The maximum Gasteiger partial charge on any atom is 0.296 e. The van der Waals surface area contributed by atoms with Crippen molar-refractivity contribution in [3.63, 3.8) is 0 Å². The molecule has 0 aliphatic rings. The van der Waals surface area contributed by atoms with Crippen LogP contribution < -0.4 is 10.3 Å². The van der Waals surface area contributed by atoms with Gasteiger partial charge in [0.1, 0.15) is 11.6 Å². The van der Waals surface area contributed by atoms with Crippen LogP contribution in [0.4, 0.5) is 4.39 Å². The van der Waals surface area contributed by atoms with Gasteiger partial charge in [0, 0.05) is 18.2 Å². The van der Waals surface area contributed by atoms with Crippen molar-refractivity contribution in [1.29, 1.82) is 0 Å². The number of pyridine rings is 1. The number of hydrogen-bond acceptors (Lipinski definition) is 7. The highest BCUT2D eigenvalue weighted by Gasteiger charge is 2.32. The summed E-state index contributed by atoms with van der Waals surface area (Å²) < 4.78 is 47.4. The zero-order valence-electron chi connectivity index (χ0n) is 22.0. The number of ether oxygens (including phenoxy) is 1. The van der Waals surface area contributed by atoms with E-state index in [-0.39, 0.29) is 4.90 Å². The van der Waals surface area contributed by atoms with E-state index in [1.54, 1.807) is 13.2 Å². The molecule has 4 rings (SSSR count). The second kappa shape index (κ2) is 11.8. The van der Waals surface area contributed by atoms with Gasteiger partial charge >= 0.3 is 0 Å². The third-order valence-electron chi connectivity index (χ3n) is 6.56. The number of aryl methyl sites for hydroxylation is 1. The van der Waals surface area contributed by atoms with Crippen LogP contribution in [-0.4, -0.2) is 35.2 Å². The zero-order valence-corrected chi connectivity index (χ0v) is 22.8. The van der Waals surface area contributed by atoms with Gasteiger partial charge < -0.3 is 9.84 Å². The van der Waals surface area contributed by atoms with Crippen LogP contribution in [0.5, 0.6) is 11.6 Å². The number of aromatic hydroxyl groups is 1. The average Bonchev–Trinajstić information content (AvgIpc) is 2.94. The van der Waals surface area contributed by atoms with E-state index in [9.17, 15) is 22.7 Å². The number of hydrogen-bond donors (Lipinski definition) is 1. The van der Waals surface area contributed by atoms with Crippen molar-refractivity contribution >= 4 is 9.84 Å². The summed E-state index contributed by atoms with van der Waals surface area (Å²) >= 11 is 0. The Morgan fingerprint density at radius 1 is 1.05 bits per heavy atom. The predicted octanol–water partition coefficient (Wildman–Crippen LogP) is 5.33. The van der Waals surface area contributed by atoms with E-state index in [0.29, 0.717) is 42.0 Å². The number of aromatic nitrogens is 3. The molecular formula is C29H30FN3O5S. The topological polar surface area (TPSA) is 111 Å². The van der Waals surface area contributed by atoms with Crippen LogP contribution in [0.2, 0.25) is 0 Å². The lowest BCUT2D eigenvalue weighted by Gasteiger charge is -2.25. The second-order valence-electron chi connectivity index (χ2n) is 9.06. The number of halogens is 1. The molecule has 0 spiro atoms. The monoisotopic (exact) mass is 551 g/mol. The molecule has 2 aromatic carbocycles. The second-order valence-corrected chi connectivity index (χ2v) is 10.9. The Morgan fingerprint density at radius 2 is 1.77 bits per heavy atom. The summed E-state index contributed by atoms with van der Waals surface area (Å²) in [6.45, 7) is 3.90. The van der Waals surface area contributed by atoms with Crippen LogP contribution in [-0.2, 0) is 16.3 Å². The Labute approximate surface area is 226 Å². The summed E-state index contributed by atoms with van der Waals surface area (Å²) in [5, 5.41) is 11.5. The minimum atomic E-state index is -4.45. The summed E-state index contributed by atoms with van der Waals surface area (Å²) in [6.07, 6.45) is 3.74. The molecule has 10 heteroatoms. The molecule has 4 aromatic rings. The number of unbranched alkanes of at least 4 members (excludes halogenated alkanes) is 1. The average molecular weight is 552 g/mol. The molecule has 0 saturated heterocycles. The molecule has 1 unspecified atom stereocenters. The lowest BCUT2D eigenvalue weighted by atomic mass is 10.0. The standard InChI is InChI=1S/C29H30FN3O5S/c1-4-6-10-26-32-28(34)27(29(35)33(26)24(5-2)20-8-7-9-22(17-20)38-3)39(36,37)23-14-11-19(12-15-23)21-13-16-25(30)31-18-21/h7-9,11-18,24,35H,4-6,10H2,1-3H3. The van der Waals surface area contributed by atoms with Crippen molar-refractivity contribution in [2.24, 2.45) is 0 Å². The molecule has 0 bridgehead atoms. The number of sulfone groups is 1. The van der Waals surface area contributed by atoms with Gasteiger partial charge in [-0.3, -0.25) is 9.36 Å². The number of methoxy groups -OCH3 is 1. The van der Waals surface area contributed by atoms with E-state index in [0.717, 1.165) is 12.0 Å². The maximum atomic E-state index is 13.7. The number of benzene rings is 2. The van der Waals surface area contributed by atoms with Crippen LogP contribution in [0.3, 0.4) is 0 Å². The summed E-state index contributed by atoms with van der Waals surface area (Å²) in [6, 6.07) is 15.2. The number of nitrogens with zero attached hydrogens (tertiary/aromatic N) is 3. The third-order valence-corrected chi connectivity index (χ3v) is 8.35. The maximum absolute atomic E-state index is 13.7. The largest absolute Gasteiger partial charge is 0.497 e. The first-order valence-corrected chi connectivity index (χ1v) is 14.1. The first kappa shape index (κ1) is 28.0. The van der Waals surface area contributed by atoms with Gasteiger partial charge in [-0.05, 0) is 60.4 Å². The highest BCUT2D eigenvalue weighted by molar-refractivity contribution is 7.91. The van der Waals surface area contributed by atoms with Crippen molar-refractivity contribution < 1.29 is 22.7 Å². The van der Waals surface area contributed by atoms with E-state index in [1.165, 1.54) is 47.2 Å². The molecule has 2 aromatic heterocycles. The van der Waals surface area contributed by atoms with Crippen LogP contribution in [0.1, 0.15) is 50.5 Å². The Kier molecular flexibility index (Phi) is 8.44. The lowest BCUT2D eigenvalue weighted by Crippen LogP contribution is -2.27. The zero-order chi connectivity index (χ0) is 28.2. The first-order valence-electron chi connectivity index (χ1n) is 12.7. The van der Waals surface area contributed by atoms with Crippen molar-refractivity contribution in [3.05, 3.63) is 94.5 Å². The fourth-order valence-electron chi connectivity index (χ4n) is 4.53. The summed E-state index contributed by atoms with van der Waals surface area (Å²) in [5.41, 5.74) is 0.967. The molecule has 1 atom stereocenters. The van der Waals surface area contributed by atoms with Crippen molar-refractivity contribution in [3.8, 4) is 22.8 Å². The van der Waals surface area contributed by atoms with E-state index in [1.807, 2.05) is 32.0 Å². The van der Waals surface area contributed by atoms with Crippen molar-refractivity contribution in [2.75, 3.05) is 7.11 Å². The minimum Gasteiger partial charge on any atom is -0.497 e. The van der Waals surface area contributed by atoms with Gasteiger partial charge in [0.15, 0.2) is 4.90 Å². The molecular weight excluding hydrogens is 521 g/mol. The van der Waals surface area contributed by atoms with E-state index >= 15 is 0 Å². The van der Waals surface area contributed by atoms with Gasteiger partial charge in [-0.2, -0.15) is 9.37 Å². The SMILES string of the molecule is CCCCc1nc(=O)c(S(=O)(=O)c2ccc(-c3ccc(F)nc3)cc2)c(O)n1C(CC)c1cccc(OC)c1. The van der Waals surface area contributed by atoms with Crippen LogP contribution in [0, 0.1) is 5.95 Å². The van der Waals surface area contributed by atoms with Crippen LogP contribution in [0.15, 0.2) is 81.4 Å². The third kappa shape index (κ3) is 5.70. The molecule has 0 saturated carbocycles. The number of rotatable bonds is 10. The molecule has 2 heterocycles. The van der Waals surface area contributed by atoms with Crippen LogP contribution >= 0.6 is 0 Å². The Balaban J connectivity index is 1.85. The molecule has 8 nitrogen and oxygen atoms in total. The smallest absolute Gasteiger partial charge is 0.296 e. The molecule has 204 valence electrons. The highest BCUT2D eigenvalue weighted by Crippen LogP contribution is 2.34. The van der Waals surface area contributed by atoms with Gasteiger partial charge in [0.05, 0.1) is 18.0 Å². The minimum absolute atomic E-state index is 0.183. The Bertz CT molecular complexity index is 1620.